The molecule has 0 amide bonds. The van der Waals surface area contributed by atoms with Crippen LogP contribution in [0.15, 0.2) is 43.1 Å². The maximum atomic E-state index is 8.98. The van der Waals surface area contributed by atoms with Crippen LogP contribution in [-0.4, -0.2) is 36.1 Å². The number of pyridine rings is 1. The fourth-order valence-corrected chi connectivity index (χ4v) is 3.66. The number of hydrogen-bond donors (Lipinski definition) is 1. The molecule has 5 heterocycles. The number of aromatic nitrogens is 6. The molecule has 27 heavy (non-hydrogen) atoms. The third kappa shape index (κ3) is 2.44. The number of H-pyrrole nitrogens is 1. The summed E-state index contributed by atoms with van der Waals surface area (Å²) in [7, 11) is 0. The summed E-state index contributed by atoms with van der Waals surface area (Å²) >= 11 is 0. The van der Waals surface area contributed by atoms with Crippen molar-refractivity contribution in [3.8, 4) is 6.07 Å². The molecule has 4 aromatic rings. The van der Waals surface area contributed by atoms with Crippen LogP contribution in [0.1, 0.15) is 34.4 Å². The normalized spacial score (nSPS) is 16.3. The number of fused-ring (bicyclic) bond motifs is 2. The summed E-state index contributed by atoms with van der Waals surface area (Å²) in [4.78, 5) is 18.6. The highest BCUT2D eigenvalue weighted by molar-refractivity contribution is 5.57. The smallest absolute Gasteiger partial charge is 0.158 e. The fraction of sp³-hybridized carbons (Fsp3) is 0.211. The van der Waals surface area contributed by atoms with E-state index in [0.717, 1.165) is 35.6 Å². The van der Waals surface area contributed by atoms with Gasteiger partial charge in [0.05, 0.1) is 35.6 Å². The lowest BCUT2D eigenvalue weighted by atomic mass is 9.99. The van der Waals surface area contributed by atoms with Gasteiger partial charge in [-0.3, -0.25) is 0 Å². The molecule has 0 fully saturated rings. The summed E-state index contributed by atoms with van der Waals surface area (Å²) in [5, 5.41) is 13.8. The first kappa shape index (κ1) is 15.5. The van der Waals surface area contributed by atoms with Crippen LogP contribution in [-0.2, 0) is 6.42 Å². The highest BCUT2D eigenvalue weighted by Gasteiger charge is 2.34. The highest BCUT2D eigenvalue weighted by atomic mass is 15.3. The van der Waals surface area contributed by atoms with E-state index in [-0.39, 0.29) is 6.04 Å². The summed E-state index contributed by atoms with van der Waals surface area (Å²) in [6.45, 7) is 2.83. The second-order valence-corrected chi connectivity index (χ2v) is 6.57. The van der Waals surface area contributed by atoms with Gasteiger partial charge in [0.2, 0.25) is 0 Å². The van der Waals surface area contributed by atoms with Crippen molar-refractivity contribution in [3.63, 3.8) is 0 Å². The van der Waals surface area contributed by atoms with E-state index < -0.39 is 0 Å². The Hall–Kier alpha value is -3.73. The van der Waals surface area contributed by atoms with Crippen molar-refractivity contribution in [2.75, 3.05) is 11.4 Å². The SMILES string of the molecule is Cc1cccn2nc([C@@H]3c4nc[nH]c4CCN3c3cnc(C#N)cn3)cc12. The molecule has 0 aliphatic carbocycles. The van der Waals surface area contributed by atoms with Gasteiger partial charge in [0, 0.05) is 24.9 Å². The molecule has 132 valence electrons. The molecule has 8 heteroatoms. The van der Waals surface area contributed by atoms with Crippen molar-refractivity contribution < 1.29 is 0 Å². The highest BCUT2D eigenvalue weighted by Crippen LogP contribution is 2.35. The summed E-state index contributed by atoms with van der Waals surface area (Å²) in [6.07, 6.45) is 7.66. The molecule has 1 N–H and O–H groups in total. The number of nitrogens with zero attached hydrogens (tertiary/aromatic N) is 7. The summed E-state index contributed by atoms with van der Waals surface area (Å²) in [5.41, 5.74) is 5.51. The van der Waals surface area contributed by atoms with E-state index in [9.17, 15) is 0 Å². The first-order chi connectivity index (χ1) is 13.2. The van der Waals surface area contributed by atoms with Crippen molar-refractivity contribution >= 4 is 11.3 Å². The van der Waals surface area contributed by atoms with Crippen LogP contribution in [0, 0.1) is 18.3 Å². The quantitative estimate of drug-likeness (QED) is 0.591. The number of imidazole rings is 1. The summed E-state index contributed by atoms with van der Waals surface area (Å²) < 4.78 is 1.90. The van der Waals surface area contributed by atoms with Crippen molar-refractivity contribution in [1.29, 1.82) is 5.26 Å². The molecule has 0 spiro atoms. The van der Waals surface area contributed by atoms with Crippen LogP contribution in [0.5, 0.6) is 0 Å². The molecule has 0 bridgehead atoms. The largest absolute Gasteiger partial charge is 0.348 e. The van der Waals surface area contributed by atoms with Gasteiger partial charge in [-0.25, -0.2) is 19.5 Å². The van der Waals surface area contributed by atoms with Crippen LogP contribution in [0.3, 0.4) is 0 Å². The Morgan fingerprint density at radius 1 is 1.26 bits per heavy atom. The molecule has 1 atom stereocenters. The predicted octanol–water partition coefficient (Wildman–Crippen LogP) is 2.18. The molecule has 0 saturated heterocycles. The van der Waals surface area contributed by atoms with Gasteiger partial charge in [-0.2, -0.15) is 10.4 Å². The third-order valence-electron chi connectivity index (χ3n) is 4.98. The first-order valence-corrected chi connectivity index (χ1v) is 8.70. The van der Waals surface area contributed by atoms with Crippen LogP contribution in [0.25, 0.3) is 5.52 Å². The summed E-state index contributed by atoms with van der Waals surface area (Å²) in [6, 6.07) is 8.01. The van der Waals surface area contributed by atoms with Gasteiger partial charge in [-0.05, 0) is 24.6 Å². The molecule has 8 nitrogen and oxygen atoms in total. The van der Waals surface area contributed by atoms with Crippen LogP contribution >= 0.6 is 0 Å². The Morgan fingerprint density at radius 2 is 2.19 bits per heavy atom. The lowest BCUT2D eigenvalue weighted by Gasteiger charge is -2.34. The maximum absolute atomic E-state index is 8.98. The molecule has 5 rings (SSSR count). The van der Waals surface area contributed by atoms with E-state index in [2.05, 4.69) is 43.9 Å². The zero-order chi connectivity index (χ0) is 18.4. The van der Waals surface area contributed by atoms with Gasteiger partial charge in [-0.1, -0.05) is 6.07 Å². The Kier molecular flexibility index (Phi) is 3.40. The van der Waals surface area contributed by atoms with Crippen LogP contribution in [0.2, 0.25) is 0 Å². The monoisotopic (exact) mass is 356 g/mol. The van der Waals surface area contributed by atoms with Crippen LogP contribution < -0.4 is 4.90 Å². The number of rotatable bonds is 2. The number of aromatic amines is 1. The Labute approximate surface area is 155 Å². The van der Waals surface area contributed by atoms with E-state index in [4.69, 9.17) is 10.4 Å². The van der Waals surface area contributed by atoms with Gasteiger partial charge < -0.3 is 9.88 Å². The molecular weight excluding hydrogens is 340 g/mol. The topological polar surface area (TPSA) is 98.8 Å². The number of anilines is 1. The lowest BCUT2D eigenvalue weighted by Crippen LogP contribution is -2.37. The van der Waals surface area contributed by atoms with Crippen molar-refractivity contribution in [1.82, 2.24) is 29.5 Å². The van der Waals surface area contributed by atoms with Crippen molar-refractivity contribution in [3.05, 3.63) is 71.5 Å². The minimum absolute atomic E-state index is 0.165. The second-order valence-electron chi connectivity index (χ2n) is 6.57. The van der Waals surface area contributed by atoms with E-state index in [1.807, 2.05) is 22.8 Å². The Morgan fingerprint density at radius 3 is 2.96 bits per heavy atom. The molecule has 0 aromatic carbocycles. The van der Waals surface area contributed by atoms with E-state index in [1.54, 1.807) is 12.5 Å². The van der Waals surface area contributed by atoms with E-state index in [1.165, 1.54) is 11.8 Å². The zero-order valence-electron chi connectivity index (χ0n) is 14.7. The number of aryl methyl sites for hydroxylation is 1. The molecular formula is C19H16N8. The molecule has 0 radical (unpaired) electrons. The minimum atomic E-state index is -0.165. The lowest BCUT2D eigenvalue weighted by molar-refractivity contribution is 0.609. The average Bonchev–Trinajstić information content (AvgIpc) is 3.35. The Balaban J connectivity index is 1.66. The van der Waals surface area contributed by atoms with Crippen LogP contribution in [0.4, 0.5) is 5.82 Å². The molecule has 1 aliphatic rings. The van der Waals surface area contributed by atoms with Gasteiger partial charge in [-0.15, -0.1) is 0 Å². The predicted molar refractivity (Wildman–Crippen MR) is 98.2 cm³/mol. The first-order valence-electron chi connectivity index (χ1n) is 8.70. The standard InChI is InChI=1S/C19H16N8/c1-12-3-2-5-27-16(12)7-15(25-27)19-18-14(23-11-24-18)4-6-26(19)17-10-21-13(8-20)9-22-17/h2-3,5,7,9-11,19H,4,6H2,1H3,(H,23,24)/t19-/m1/s1. The summed E-state index contributed by atoms with van der Waals surface area (Å²) in [5.74, 6) is 0.710. The van der Waals surface area contributed by atoms with Crippen molar-refractivity contribution in [2.24, 2.45) is 0 Å². The molecule has 1 aliphatic heterocycles. The maximum Gasteiger partial charge on any atom is 0.158 e. The van der Waals surface area contributed by atoms with Crippen molar-refractivity contribution in [2.45, 2.75) is 19.4 Å². The van der Waals surface area contributed by atoms with Gasteiger partial charge in [0.25, 0.3) is 0 Å². The van der Waals surface area contributed by atoms with Gasteiger partial charge >= 0.3 is 0 Å². The third-order valence-corrected chi connectivity index (χ3v) is 4.98. The average molecular weight is 356 g/mol. The fourth-order valence-electron chi connectivity index (χ4n) is 3.66. The zero-order valence-corrected chi connectivity index (χ0v) is 14.7. The minimum Gasteiger partial charge on any atom is -0.348 e. The van der Waals surface area contributed by atoms with Gasteiger partial charge in [0.1, 0.15) is 17.9 Å². The second kappa shape index (κ2) is 5.92. The molecule has 4 aromatic heterocycles. The number of hydrogen-bond acceptors (Lipinski definition) is 6. The Bertz CT molecular complexity index is 1160. The number of nitrogens with one attached hydrogen (secondary N) is 1. The molecule has 0 saturated carbocycles. The molecule has 0 unspecified atom stereocenters. The van der Waals surface area contributed by atoms with E-state index in [0.29, 0.717) is 11.5 Å². The van der Waals surface area contributed by atoms with E-state index >= 15 is 0 Å². The van der Waals surface area contributed by atoms with Gasteiger partial charge in [0.15, 0.2) is 5.69 Å². The number of nitriles is 1.